The summed E-state index contributed by atoms with van der Waals surface area (Å²) in [5, 5.41) is 3.42. The number of carbonyl (C=O) groups excluding carboxylic acids is 1. The molecule has 1 amide bonds. The summed E-state index contributed by atoms with van der Waals surface area (Å²) in [7, 11) is 0. The van der Waals surface area contributed by atoms with Gasteiger partial charge in [0.05, 0.1) is 18.8 Å². The Hall–Kier alpha value is -0.610. The van der Waals surface area contributed by atoms with Crippen molar-refractivity contribution < 1.29 is 9.53 Å². The van der Waals surface area contributed by atoms with Crippen LogP contribution in [-0.2, 0) is 9.53 Å². The first-order chi connectivity index (χ1) is 8.93. The van der Waals surface area contributed by atoms with E-state index in [1.165, 1.54) is 6.42 Å². The van der Waals surface area contributed by atoms with Gasteiger partial charge in [0.1, 0.15) is 0 Å². The molecule has 2 fully saturated rings. The summed E-state index contributed by atoms with van der Waals surface area (Å²) in [5.74, 6) is 0.739. The number of amides is 1. The highest BCUT2D eigenvalue weighted by molar-refractivity contribution is 5.82. The summed E-state index contributed by atoms with van der Waals surface area (Å²) >= 11 is 0. The van der Waals surface area contributed by atoms with Crippen LogP contribution in [-0.4, -0.2) is 49.2 Å². The lowest BCUT2D eigenvalue weighted by Crippen LogP contribution is -2.56. The van der Waals surface area contributed by atoms with Gasteiger partial charge in [-0.15, -0.1) is 0 Å². The van der Waals surface area contributed by atoms with E-state index >= 15 is 0 Å². The molecule has 0 aromatic rings. The quantitative estimate of drug-likeness (QED) is 0.828. The molecule has 2 aliphatic heterocycles. The van der Waals surface area contributed by atoms with Gasteiger partial charge in [0.25, 0.3) is 0 Å². The van der Waals surface area contributed by atoms with E-state index in [0.717, 1.165) is 26.1 Å². The van der Waals surface area contributed by atoms with E-state index in [1.54, 1.807) is 0 Å². The number of piperidine rings is 1. The van der Waals surface area contributed by atoms with Gasteiger partial charge in [0.15, 0.2) is 0 Å². The molecule has 2 aliphatic rings. The molecule has 4 nitrogen and oxygen atoms in total. The Balaban J connectivity index is 2.07. The third-order valence-corrected chi connectivity index (χ3v) is 4.74. The second-order valence-corrected chi connectivity index (χ2v) is 6.72. The molecule has 1 N–H and O–H groups in total. The zero-order valence-corrected chi connectivity index (χ0v) is 12.7. The third-order valence-electron chi connectivity index (χ3n) is 4.74. The zero-order valence-electron chi connectivity index (χ0n) is 12.7. The molecule has 19 heavy (non-hydrogen) atoms. The number of nitrogens with zero attached hydrogens (tertiary/aromatic N) is 1. The van der Waals surface area contributed by atoms with E-state index in [2.05, 4.69) is 26.1 Å². The third kappa shape index (κ3) is 3.11. The summed E-state index contributed by atoms with van der Waals surface area (Å²) < 4.78 is 5.62. The Morgan fingerprint density at radius 1 is 1.37 bits per heavy atom. The lowest BCUT2D eigenvalue weighted by atomic mass is 9.73. The highest BCUT2D eigenvalue weighted by Crippen LogP contribution is 2.34. The lowest BCUT2D eigenvalue weighted by Gasteiger charge is -2.44. The summed E-state index contributed by atoms with van der Waals surface area (Å²) in [6.45, 7) is 11.8. The fourth-order valence-corrected chi connectivity index (χ4v) is 3.20. The maximum atomic E-state index is 12.9. The number of hydrogen-bond acceptors (Lipinski definition) is 3. The van der Waals surface area contributed by atoms with Crippen LogP contribution < -0.4 is 5.32 Å². The minimum atomic E-state index is -0.279. The molecule has 2 heterocycles. The molecule has 4 heteroatoms. The molecule has 3 unspecified atom stereocenters. The molecule has 0 aliphatic carbocycles. The monoisotopic (exact) mass is 268 g/mol. The van der Waals surface area contributed by atoms with E-state index in [9.17, 15) is 4.79 Å². The van der Waals surface area contributed by atoms with Crippen LogP contribution in [0.25, 0.3) is 0 Å². The fraction of sp³-hybridized carbons (Fsp3) is 0.933. The van der Waals surface area contributed by atoms with E-state index in [0.29, 0.717) is 18.4 Å². The Morgan fingerprint density at radius 2 is 2.11 bits per heavy atom. The SMILES string of the molecule is CC1CN(C(=O)C(C)(C)C2CCCNC2)C(C)CO1. The first-order valence-electron chi connectivity index (χ1n) is 7.56. The second-order valence-electron chi connectivity index (χ2n) is 6.72. The van der Waals surface area contributed by atoms with Gasteiger partial charge < -0.3 is 15.0 Å². The van der Waals surface area contributed by atoms with Crippen LogP contribution in [0.4, 0.5) is 0 Å². The van der Waals surface area contributed by atoms with Gasteiger partial charge in [-0.25, -0.2) is 0 Å². The molecule has 3 atom stereocenters. The average Bonchev–Trinajstić information content (AvgIpc) is 2.41. The Morgan fingerprint density at radius 3 is 2.74 bits per heavy atom. The topological polar surface area (TPSA) is 41.6 Å². The van der Waals surface area contributed by atoms with Crippen molar-refractivity contribution in [3.63, 3.8) is 0 Å². The predicted octanol–water partition coefficient (Wildman–Crippen LogP) is 1.65. The van der Waals surface area contributed by atoms with Crippen LogP contribution in [0.2, 0.25) is 0 Å². The van der Waals surface area contributed by atoms with Crippen LogP contribution in [0.1, 0.15) is 40.5 Å². The van der Waals surface area contributed by atoms with E-state index < -0.39 is 0 Å². The maximum absolute atomic E-state index is 12.9. The molecular weight excluding hydrogens is 240 g/mol. The van der Waals surface area contributed by atoms with Gasteiger partial charge in [-0.3, -0.25) is 4.79 Å². The molecular formula is C15H28N2O2. The second kappa shape index (κ2) is 5.80. The standard InChI is InChI=1S/C15H28N2O2/c1-11-10-19-12(2)9-17(11)14(18)15(3,4)13-6-5-7-16-8-13/h11-13,16H,5-10H2,1-4H3. The molecule has 0 saturated carbocycles. The number of rotatable bonds is 2. The van der Waals surface area contributed by atoms with Crippen molar-refractivity contribution in [2.75, 3.05) is 26.2 Å². The molecule has 2 rings (SSSR count). The van der Waals surface area contributed by atoms with Crippen LogP contribution in [0, 0.1) is 11.3 Å². The summed E-state index contributed by atoms with van der Waals surface area (Å²) in [5.41, 5.74) is -0.279. The number of nitrogens with one attached hydrogen (secondary N) is 1. The van der Waals surface area contributed by atoms with Gasteiger partial charge in [0.2, 0.25) is 5.91 Å². The molecule has 0 radical (unpaired) electrons. The van der Waals surface area contributed by atoms with Crippen LogP contribution in [0.3, 0.4) is 0 Å². The Labute approximate surface area is 116 Å². The van der Waals surface area contributed by atoms with E-state index in [1.807, 2.05) is 11.8 Å². The van der Waals surface area contributed by atoms with E-state index in [-0.39, 0.29) is 17.6 Å². The van der Waals surface area contributed by atoms with Gasteiger partial charge in [0, 0.05) is 12.0 Å². The number of morpholine rings is 1. The predicted molar refractivity (Wildman–Crippen MR) is 76.0 cm³/mol. The number of ether oxygens (including phenoxy) is 1. The molecule has 110 valence electrons. The van der Waals surface area contributed by atoms with Crippen LogP contribution in [0.15, 0.2) is 0 Å². The molecule has 0 aromatic carbocycles. The Kier molecular flexibility index (Phi) is 4.51. The highest BCUT2D eigenvalue weighted by Gasteiger charge is 2.42. The van der Waals surface area contributed by atoms with Crippen molar-refractivity contribution in [1.82, 2.24) is 10.2 Å². The first-order valence-corrected chi connectivity index (χ1v) is 7.56. The molecule has 0 spiro atoms. The smallest absolute Gasteiger partial charge is 0.228 e. The fourth-order valence-electron chi connectivity index (χ4n) is 3.20. The zero-order chi connectivity index (χ0) is 14.0. The number of carbonyl (C=O) groups is 1. The van der Waals surface area contributed by atoms with Crippen LogP contribution in [0.5, 0.6) is 0 Å². The van der Waals surface area contributed by atoms with Crippen molar-refractivity contribution in [2.24, 2.45) is 11.3 Å². The summed E-state index contributed by atoms with van der Waals surface area (Å²) in [6, 6.07) is 0.194. The molecule has 2 saturated heterocycles. The minimum absolute atomic E-state index is 0.153. The lowest BCUT2D eigenvalue weighted by molar-refractivity contribution is -0.155. The largest absolute Gasteiger partial charge is 0.375 e. The van der Waals surface area contributed by atoms with Crippen LogP contribution >= 0.6 is 0 Å². The summed E-state index contributed by atoms with van der Waals surface area (Å²) in [6.07, 6.45) is 2.48. The van der Waals surface area contributed by atoms with Gasteiger partial charge >= 0.3 is 0 Å². The number of hydrogen-bond donors (Lipinski definition) is 1. The van der Waals surface area contributed by atoms with Crippen molar-refractivity contribution in [1.29, 1.82) is 0 Å². The van der Waals surface area contributed by atoms with Crippen molar-refractivity contribution in [3.05, 3.63) is 0 Å². The van der Waals surface area contributed by atoms with Gasteiger partial charge in [-0.2, -0.15) is 0 Å². The first kappa shape index (κ1) is 14.8. The molecule has 0 aromatic heterocycles. The normalized spacial score (nSPS) is 33.3. The van der Waals surface area contributed by atoms with Crippen molar-refractivity contribution in [2.45, 2.75) is 52.7 Å². The molecule has 0 bridgehead atoms. The van der Waals surface area contributed by atoms with Gasteiger partial charge in [-0.1, -0.05) is 13.8 Å². The van der Waals surface area contributed by atoms with Crippen molar-refractivity contribution in [3.8, 4) is 0 Å². The van der Waals surface area contributed by atoms with E-state index in [4.69, 9.17) is 4.74 Å². The average molecular weight is 268 g/mol. The maximum Gasteiger partial charge on any atom is 0.228 e. The Bertz CT molecular complexity index is 324. The summed E-state index contributed by atoms with van der Waals surface area (Å²) in [4.78, 5) is 14.9. The van der Waals surface area contributed by atoms with Gasteiger partial charge in [-0.05, 0) is 45.7 Å². The highest BCUT2D eigenvalue weighted by atomic mass is 16.5. The van der Waals surface area contributed by atoms with Crippen molar-refractivity contribution >= 4 is 5.91 Å². The minimum Gasteiger partial charge on any atom is -0.375 e.